The highest BCUT2D eigenvalue weighted by atomic mass is 16.5. The molecule has 4 aromatic rings. The van der Waals surface area contributed by atoms with Crippen LogP contribution in [-0.2, 0) is 11.2 Å². The zero-order valence-electron chi connectivity index (χ0n) is 20.0. The molecule has 1 amide bonds. The maximum absolute atomic E-state index is 12.2. The van der Waals surface area contributed by atoms with E-state index in [1.165, 1.54) is 6.33 Å². The van der Waals surface area contributed by atoms with Crippen molar-refractivity contribution in [1.29, 1.82) is 0 Å². The number of anilines is 1. The Morgan fingerprint density at radius 2 is 2.03 bits per heavy atom. The Labute approximate surface area is 213 Å². The lowest BCUT2D eigenvalue weighted by Crippen LogP contribution is -2.53. The molecule has 2 aromatic carbocycles. The molecule has 2 aliphatic rings. The molecular formula is C27H26N6O4. The number of nitrogens with one attached hydrogen (secondary N) is 2. The molecule has 10 nitrogen and oxygen atoms in total. The molecule has 3 N–H and O–H groups in total. The zero-order chi connectivity index (χ0) is 25.2. The average molecular weight is 499 g/mol. The van der Waals surface area contributed by atoms with Gasteiger partial charge in [-0.3, -0.25) is 9.69 Å². The van der Waals surface area contributed by atoms with Crippen molar-refractivity contribution in [3.63, 3.8) is 0 Å². The summed E-state index contributed by atoms with van der Waals surface area (Å²) in [7, 11) is 0. The summed E-state index contributed by atoms with van der Waals surface area (Å²) in [5.74, 6) is 2.87. The van der Waals surface area contributed by atoms with E-state index in [2.05, 4.69) is 20.3 Å². The quantitative estimate of drug-likeness (QED) is 0.355. The highest BCUT2D eigenvalue weighted by Gasteiger charge is 2.26. The number of aliphatic hydroxyl groups is 1. The lowest BCUT2D eigenvalue weighted by molar-refractivity contribution is -0.119. The molecular weight excluding hydrogens is 472 g/mol. The van der Waals surface area contributed by atoms with Crippen LogP contribution in [0.15, 0.2) is 67.1 Å². The first-order chi connectivity index (χ1) is 18.1. The summed E-state index contributed by atoms with van der Waals surface area (Å²) in [6, 6.07) is 17.3. The number of fused-ring (bicyclic) bond motifs is 1. The Morgan fingerprint density at radius 1 is 1.16 bits per heavy atom. The van der Waals surface area contributed by atoms with Crippen LogP contribution >= 0.6 is 0 Å². The van der Waals surface area contributed by atoms with Gasteiger partial charge in [0.05, 0.1) is 30.9 Å². The van der Waals surface area contributed by atoms with Crippen LogP contribution in [0.4, 0.5) is 5.82 Å². The van der Waals surface area contributed by atoms with Gasteiger partial charge in [0.15, 0.2) is 0 Å². The fourth-order valence-electron chi connectivity index (χ4n) is 4.55. The van der Waals surface area contributed by atoms with E-state index in [1.807, 2.05) is 59.6 Å². The smallest absolute Gasteiger partial charge is 0.239 e. The fraction of sp³-hybridized carbons (Fsp3) is 0.259. The number of aromatic amines is 1. The monoisotopic (exact) mass is 498 g/mol. The fourth-order valence-corrected chi connectivity index (χ4v) is 4.55. The molecule has 6 rings (SSSR count). The van der Waals surface area contributed by atoms with Crippen molar-refractivity contribution in [1.82, 2.24) is 24.8 Å². The van der Waals surface area contributed by atoms with E-state index >= 15 is 0 Å². The Kier molecular flexibility index (Phi) is 6.25. The summed E-state index contributed by atoms with van der Waals surface area (Å²) in [6.45, 7) is 1.75. The van der Waals surface area contributed by atoms with Gasteiger partial charge in [-0.15, -0.1) is 0 Å². The van der Waals surface area contributed by atoms with Gasteiger partial charge in [-0.25, -0.2) is 15.0 Å². The molecule has 1 fully saturated rings. The molecule has 0 radical (unpaired) electrons. The SMILES string of the molecule is O=C(CN1CC(O)C1)Nc1cc(Oc2ccc3c(c2)C[C@@H](c2nc(-c4ccccc4)c[nH]2)CO3)ncn1. The molecule has 0 saturated carbocycles. The van der Waals surface area contributed by atoms with E-state index in [4.69, 9.17) is 14.5 Å². The zero-order valence-corrected chi connectivity index (χ0v) is 20.0. The first-order valence-corrected chi connectivity index (χ1v) is 12.2. The van der Waals surface area contributed by atoms with E-state index in [0.29, 0.717) is 37.1 Å². The Bertz CT molecular complexity index is 1400. The van der Waals surface area contributed by atoms with Crippen molar-refractivity contribution in [2.24, 2.45) is 0 Å². The topological polar surface area (TPSA) is 125 Å². The van der Waals surface area contributed by atoms with Gasteiger partial charge in [-0.05, 0) is 30.2 Å². The Morgan fingerprint density at radius 3 is 2.86 bits per heavy atom. The lowest BCUT2D eigenvalue weighted by atomic mass is 9.96. The lowest BCUT2D eigenvalue weighted by Gasteiger charge is -2.34. The summed E-state index contributed by atoms with van der Waals surface area (Å²) in [5, 5.41) is 12.1. The Hall–Kier alpha value is -4.28. The normalized spacial score (nSPS) is 17.4. The summed E-state index contributed by atoms with van der Waals surface area (Å²) >= 11 is 0. The summed E-state index contributed by atoms with van der Waals surface area (Å²) < 4.78 is 12.0. The first kappa shape index (κ1) is 23.1. The van der Waals surface area contributed by atoms with Crippen LogP contribution in [0.3, 0.4) is 0 Å². The number of H-pyrrole nitrogens is 1. The van der Waals surface area contributed by atoms with Crippen molar-refractivity contribution in [2.45, 2.75) is 18.4 Å². The number of likely N-dealkylation sites (tertiary alicyclic amines) is 1. The van der Waals surface area contributed by atoms with Crippen LogP contribution in [-0.4, -0.2) is 68.2 Å². The van der Waals surface area contributed by atoms with Gasteiger partial charge in [-0.1, -0.05) is 30.3 Å². The minimum absolute atomic E-state index is 0.0913. The van der Waals surface area contributed by atoms with Crippen LogP contribution in [0.25, 0.3) is 11.3 Å². The molecule has 37 heavy (non-hydrogen) atoms. The molecule has 2 aromatic heterocycles. The minimum atomic E-state index is -0.352. The van der Waals surface area contributed by atoms with Gasteiger partial charge in [0.2, 0.25) is 11.8 Å². The van der Waals surface area contributed by atoms with Crippen molar-refractivity contribution < 1.29 is 19.4 Å². The van der Waals surface area contributed by atoms with Gasteiger partial charge in [0.1, 0.15) is 29.5 Å². The van der Waals surface area contributed by atoms with E-state index < -0.39 is 0 Å². The number of carbonyl (C=O) groups is 1. The predicted octanol–water partition coefficient (Wildman–Crippen LogP) is 2.99. The molecule has 0 aliphatic carbocycles. The molecule has 188 valence electrons. The highest BCUT2D eigenvalue weighted by molar-refractivity contribution is 5.91. The van der Waals surface area contributed by atoms with Crippen molar-refractivity contribution in [3.05, 3.63) is 78.5 Å². The third-order valence-corrected chi connectivity index (χ3v) is 6.43. The van der Waals surface area contributed by atoms with Gasteiger partial charge in [-0.2, -0.15) is 0 Å². The second-order valence-electron chi connectivity index (χ2n) is 9.26. The number of nitrogens with zero attached hydrogens (tertiary/aromatic N) is 4. The number of benzene rings is 2. The standard InChI is InChI=1S/C27H26N6O4/c34-20-12-33(13-20)14-25(35)32-24-10-26(30-16-29-24)37-21-6-7-23-18(9-21)8-19(15-36-23)27-28-11-22(31-27)17-4-2-1-3-5-17/h1-7,9-11,16,19-20,34H,8,12-15H2,(H,28,31)(H,29,30,32,35)/t19-/m1/s1. The third kappa shape index (κ3) is 5.30. The second-order valence-corrected chi connectivity index (χ2v) is 9.26. The predicted molar refractivity (Wildman–Crippen MR) is 136 cm³/mol. The molecule has 4 heterocycles. The molecule has 10 heteroatoms. The van der Waals surface area contributed by atoms with Crippen LogP contribution in [0.1, 0.15) is 17.3 Å². The summed E-state index contributed by atoms with van der Waals surface area (Å²) in [6.07, 6.45) is 3.68. The van der Waals surface area contributed by atoms with Gasteiger partial charge in [0.25, 0.3) is 0 Å². The molecule has 0 bridgehead atoms. The average Bonchev–Trinajstić information content (AvgIpc) is 3.39. The van der Waals surface area contributed by atoms with Gasteiger partial charge in [0, 0.05) is 30.9 Å². The maximum Gasteiger partial charge on any atom is 0.239 e. The van der Waals surface area contributed by atoms with Crippen LogP contribution in [0, 0.1) is 0 Å². The Balaban J connectivity index is 1.11. The number of amides is 1. The van der Waals surface area contributed by atoms with Crippen molar-refractivity contribution in [2.75, 3.05) is 31.6 Å². The van der Waals surface area contributed by atoms with Crippen LogP contribution in [0.5, 0.6) is 17.4 Å². The van der Waals surface area contributed by atoms with Crippen LogP contribution < -0.4 is 14.8 Å². The minimum Gasteiger partial charge on any atom is -0.493 e. The maximum atomic E-state index is 12.2. The first-order valence-electron chi connectivity index (χ1n) is 12.2. The van der Waals surface area contributed by atoms with Gasteiger partial charge >= 0.3 is 0 Å². The van der Waals surface area contributed by atoms with Crippen molar-refractivity contribution in [3.8, 4) is 28.6 Å². The van der Waals surface area contributed by atoms with Crippen molar-refractivity contribution >= 4 is 11.7 Å². The van der Waals surface area contributed by atoms with E-state index in [0.717, 1.165) is 34.8 Å². The van der Waals surface area contributed by atoms with E-state index in [1.54, 1.807) is 6.07 Å². The summed E-state index contributed by atoms with van der Waals surface area (Å²) in [4.78, 5) is 30.5. The number of carbonyl (C=O) groups excluding carboxylic acids is 1. The molecule has 1 saturated heterocycles. The molecule has 2 aliphatic heterocycles. The molecule has 0 unspecified atom stereocenters. The van der Waals surface area contributed by atoms with Crippen LogP contribution in [0.2, 0.25) is 0 Å². The number of rotatable bonds is 7. The number of aromatic nitrogens is 4. The van der Waals surface area contributed by atoms with E-state index in [9.17, 15) is 9.90 Å². The van der Waals surface area contributed by atoms with Gasteiger partial charge < -0.3 is 24.9 Å². The molecule has 0 spiro atoms. The van der Waals surface area contributed by atoms with E-state index in [-0.39, 0.29) is 24.5 Å². The number of hydrogen-bond acceptors (Lipinski definition) is 8. The number of imidazole rings is 1. The summed E-state index contributed by atoms with van der Waals surface area (Å²) in [5.41, 5.74) is 3.00. The third-order valence-electron chi connectivity index (χ3n) is 6.43. The second kappa shape index (κ2) is 10.00. The number of β-amino-alcohol motifs (C(OH)–C–C–N with tert-alkyl or cyclic N) is 1. The number of ether oxygens (including phenoxy) is 2. The largest absolute Gasteiger partial charge is 0.493 e. The number of hydrogen-bond donors (Lipinski definition) is 3. The number of aliphatic hydroxyl groups excluding tert-OH is 1. The highest BCUT2D eigenvalue weighted by Crippen LogP contribution is 2.35. The molecule has 1 atom stereocenters.